The Hall–Kier alpha value is -1.16. The molecular weight excluding hydrogens is 152 g/mol. The smallest absolute Gasteiger partial charge is 0.175 e. The highest BCUT2D eigenvalue weighted by atomic mass is 35.5. The van der Waals surface area contributed by atoms with E-state index in [1.807, 2.05) is 0 Å². The van der Waals surface area contributed by atoms with Crippen LogP contribution >= 0.6 is 11.6 Å². The van der Waals surface area contributed by atoms with Gasteiger partial charge in [-0.2, -0.15) is 0 Å². The van der Waals surface area contributed by atoms with Gasteiger partial charge in [0, 0.05) is 6.20 Å². The summed E-state index contributed by atoms with van der Waals surface area (Å²) in [5, 5.41) is 7.89. The molecule has 0 unspecified atom stereocenters. The first kappa shape index (κ1) is 5.61. The van der Waals surface area contributed by atoms with E-state index in [4.69, 9.17) is 11.6 Å². The van der Waals surface area contributed by atoms with Crippen LogP contribution in [0.25, 0.3) is 5.65 Å². The zero-order valence-electron chi connectivity index (χ0n) is 4.90. The fourth-order valence-corrected chi connectivity index (χ4v) is 0.842. The van der Waals surface area contributed by atoms with Crippen LogP contribution in [0.3, 0.4) is 0 Å². The Morgan fingerprint density at radius 1 is 1.40 bits per heavy atom. The zero-order chi connectivity index (χ0) is 6.97. The average Bonchev–Trinajstić information content (AvgIpc) is 2.33. The van der Waals surface area contributed by atoms with Gasteiger partial charge < -0.3 is 0 Å². The molecule has 0 radical (unpaired) electrons. The lowest BCUT2D eigenvalue weighted by Gasteiger charge is -1.88. The number of fused-ring (bicyclic) bond motifs is 1. The fraction of sp³-hybridized carbons (Fsp3) is 0. The van der Waals surface area contributed by atoms with Crippen LogP contribution in [0.1, 0.15) is 0 Å². The van der Waals surface area contributed by atoms with Crippen LogP contribution < -0.4 is 0 Å². The van der Waals surface area contributed by atoms with Crippen LogP contribution in [0, 0.1) is 0 Å². The summed E-state index contributed by atoms with van der Waals surface area (Å²) < 4.78 is 1.52. The minimum Gasteiger partial charge on any atom is -0.234 e. The highest BCUT2D eigenvalue weighted by Gasteiger charge is 1.94. The largest absolute Gasteiger partial charge is 0.234 e. The molecule has 5 heteroatoms. The van der Waals surface area contributed by atoms with Crippen molar-refractivity contribution in [2.45, 2.75) is 0 Å². The van der Waals surface area contributed by atoms with Gasteiger partial charge in [0.25, 0.3) is 0 Å². The van der Waals surface area contributed by atoms with Crippen molar-refractivity contribution in [3.8, 4) is 0 Å². The molecule has 0 saturated heterocycles. The second-order valence-corrected chi connectivity index (χ2v) is 2.25. The van der Waals surface area contributed by atoms with Crippen molar-refractivity contribution < 1.29 is 0 Å². The first-order valence-corrected chi connectivity index (χ1v) is 3.05. The molecule has 0 N–H and O–H groups in total. The molecule has 0 bridgehead atoms. The number of rotatable bonds is 0. The molecule has 2 heterocycles. The normalized spacial score (nSPS) is 10.5. The summed E-state index contributed by atoms with van der Waals surface area (Å²) in [5.74, 6) is 0. The van der Waals surface area contributed by atoms with Crippen LogP contribution in [-0.2, 0) is 0 Å². The van der Waals surface area contributed by atoms with E-state index in [1.54, 1.807) is 18.6 Å². The maximum absolute atomic E-state index is 5.62. The number of nitrogens with zero attached hydrogens (tertiary/aromatic N) is 4. The summed E-state index contributed by atoms with van der Waals surface area (Å²) in [4.78, 5) is 3.95. The van der Waals surface area contributed by atoms with Crippen LogP contribution in [0.2, 0.25) is 5.02 Å². The quantitative estimate of drug-likeness (QED) is 0.563. The van der Waals surface area contributed by atoms with Crippen LogP contribution in [0.4, 0.5) is 0 Å². The van der Waals surface area contributed by atoms with E-state index in [0.29, 0.717) is 10.7 Å². The van der Waals surface area contributed by atoms with Gasteiger partial charge in [-0.15, -0.1) is 5.10 Å². The lowest BCUT2D eigenvalue weighted by atomic mass is 10.6. The summed E-state index contributed by atoms with van der Waals surface area (Å²) in [6.07, 6.45) is 4.77. The van der Waals surface area contributed by atoms with Gasteiger partial charge in [-0.05, 0) is 0 Å². The number of hydrogen-bond donors (Lipinski definition) is 0. The van der Waals surface area contributed by atoms with Crippen molar-refractivity contribution in [2.24, 2.45) is 0 Å². The highest BCUT2D eigenvalue weighted by Crippen LogP contribution is 2.04. The monoisotopic (exact) mass is 154 g/mol. The highest BCUT2D eigenvalue weighted by molar-refractivity contribution is 6.30. The molecule has 2 aromatic rings. The third-order valence-electron chi connectivity index (χ3n) is 1.12. The average molecular weight is 155 g/mol. The fourth-order valence-electron chi connectivity index (χ4n) is 0.700. The van der Waals surface area contributed by atoms with Crippen molar-refractivity contribution in [3.63, 3.8) is 0 Å². The molecule has 0 saturated carbocycles. The predicted molar refractivity (Wildman–Crippen MR) is 35.8 cm³/mol. The standard InChI is InChI=1S/C5H3ClN4/c6-4-1-7-5-2-8-9-10(5)3-4/h1-3H. The summed E-state index contributed by atoms with van der Waals surface area (Å²) in [6, 6.07) is 0. The van der Waals surface area contributed by atoms with E-state index in [9.17, 15) is 0 Å². The molecule has 4 nitrogen and oxygen atoms in total. The first-order chi connectivity index (χ1) is 4.86. The van der Waals surface area contributed by atoms with Gasteiger partial charge >= 0.3 is 0 Å². The zero-order valence-corrected chi connectivity index (χ0v) is 5.65. The molecule has 0 fully saturated rings. The van der Waals surface area contributed by atoms with Gasteiger partial charge in [0.2, 0.25) is 0 Å². The van der Waals surface area contributed by atoms with Crippen molar-refractivity contribution in [1.82, 2.24) is 19.8 Å². The second kappa shape index (κ2) is 1.91. The molecule has 2 rings (SSSR count). The van der Waals surface area contributed by atoms with Gasteiger partial charge in [0.15, 0.2) is 5.65 Å². The van der Waals surface area contributed by atoms with Crippen LogP contribution in [0.15, 0.2) is 18.6 Å². The van der Waals surface area contributed by atoms with E-state index in [0.717, 1.165) is 0 Å². The van der Waals surface area contributed by atoms with E-state index < -0.39 is 0 Å². The van der Waals surface area contributed by atoms with E-state index in [1.165, 1.54) is 4.52 Å². The van der Waals surface area contributed by atoms with Crippen molar-refractivity contribution >= 4 is 17.2 Å². The third kappa shape index (κ3) is 0.733. The Balaban J connectivity index is 2.86. The Morgan fingerprint density at radius 2 is 2.30 bits per heavy atom. The van der Waals surface area contributed by atoms with Crippen molar-refractivity contribution in [3.05, 3.63) is 23.6 Å². The maximum atomic E-state index is 5.62. The van der Waals surface area contributed by atoms with Gasteiger partial charge in [-0.3, -0.25) is 0 Å². The molecule has 0 aliphatic carbocycles. The second-order valence-electron chi connectivity index (χ2n) is 1.81. The van der Waals surface area contributed by atoms with Gasteiger partial charge in [-0.1, -0.05) is 16.8 Å². The molecule has 0 atom stereocenters. The summed E-state index contributed by atoms with van der Waals surface area (Å²) >= 11 is 5.62. The Bertz CT molecular complexity index is 355. The number of halogens is 1. The predicted octanol–water partition coefficient (Wildman–Crippen LogP) is 0.778. The first-order valence-electron chi connectivity index (χ1n) is 2.68. The molecule has 0 aliphatic rings. The SMILES string of the molecule is Clc1cnc2cnnn2c1. The third-order valence-corrected chi connectivity index (χ3v) is 1.32. The molecule has 0 aliphatic heterocycles. The topological polar surface area (TPSA) is 43.1 Å². The van der Waals surface area contributed by atoms with Crippen LogP contribution in [0.5, 0.6) is 0 Å². The van der Waals surface area contributed by atoms with Crippen molar-refractivity contribution in [2.75, 3.05) is 0 Å². The number of hydrogen-bond acceptors (Lipinski definition) is 3. The molecule has 0 spiro atoms. The minimum atomic E-state index is 0.554. The lowest BCUT2D eigenvalue weighted by Crippen LogP contribution is -1.87. The summed E-state index contributed by atoms with van der Waals surface area (Å²) in [7, 11) is 0. The molecule has 0 aromatic carbocycles. The van der Waals surface area contributed by atoms with Gasteiger partial charge in [0.1, 0.15) is 0 Å². The van der Waals surface area contributed by atoms with E-state index in [2.05, 4.69) is 15.3 Å². The lowest BCUT2D eigenvalue weighted by molar-refractivity contribution is 0.847. The molecule has 0 amide bonds. The Labute approximate surface area is 61.4 Å². The number of aromatic nitrogens is 4. The van der Waals surface area contributed by atoms with E-state index >= 15 is 0 Å². The van der Waals surface area contributed by atoms with E-state index in [-0.39, 0.29) is 0 Å². The molecule has 50 valence electrons. The summed E-state index contributed by atoms with van der Waals surface area (Å²) in [6.45, 7) is 0. The summed E-state index contributed by atoms with van der Waals surface area (Å²) in [5.41, 5.74) is 0.699. The molecule has 10 heavy (non-hydrogen) atoms. The maximum Gasteiger partial charge on any atom is 0.175 e. The Morgan fingerprint density at radius 3 is 3.20 bits per heavy atom. The van der Waals surface area contributed by atoms with Crippen molar-refractivity contribution in [1.29, 1.82) is 0 Å². The minimum absolute atomic E-state index is 0.554. The Kier molecular flexibility index (Phi) is 1.07. The molecule has 2 aromatic heterocycles. The molecular formula is C5H3ClN4. The van der Waals surface area contributed by atoms with Gasteiger partial charge in [0.05, 0.1) is 17.4 Å². The van der Waals surface area contributed by atoms with Crippen LogP contribution in [-0.4, -0.2) is 19.8 Å². The van der Waals surface area contributed by atoms with Gasteiger partial charge in [-0.25, -0.2) is 9.50 Å².